The third-order valence-electron chi connectivity index (χ3n) is 3.75. The van der Waals surface area contributed by atoms with Gasteiger partial charge in [-0.3, -0.25) is 0 Å². The van der Waals surface area contributed by atoms with Gasteiger partial charge in [0.05, 0.1) is 0 Å². The largest absolute Gasteiger partial charge is 0.361 e. The van der Waals surface area contributed by atoms with Crippen molar-refractivity contribution in [1.29, 1.82) is 0 Å². The van der Waals surface area contributed by atoms with Crippen LogP contribution < -0.4 is 14.7 Å². The molecule has 1 saturated heterocycles. The van der Waals surface area contributed by atoms with Crippen LogP contribution in [-0.2, 0) is 0 Å². The molecule has 0 unspecified atom stereocenters. The van der Waals surface area contributed by atoms with E-state index in [9.17, 15) is 0 Å². The standard InChI is InChI=1S/C15H21N7/c1-12-10-16-15(17-11-12)22-8-6-21(7-9-22)14-5-4-13(18-19-14)20(2)3/h4-5,10-11H,6-9H2,1-3H3. The molecule has 2 aromatic heterocycles. The third-order valence-corrected chi connectivity index (χ3v) is 3.75. The first kappa shape index (κ1) is 14.5. The second-order valence-corrected chi connectivity index (χ2v) is 5.68. The number of nitrogens with zero attached hydrogens (tertiary/aromatic N) is 7. The van der Waals surface area contributed by atoms with Gasteiger partial charge in [-0.2, -0.15) is 0 Å². The first-order valence-corrected chi connectivity index (χ1v) is 7.43. The summed E-state index contributed by atoms with van der Waals surface area (Å²) in [4.78, 5) is 15.2. The van der Waals surface area contributed by atoms with E-state index in [4.69, 9.17) is 0 Å². The molecule has 0 spiro atoms. The molecule has 0 saturated carbocycles. The van der Waals surface area contributed by atoms with Crippen molar-refractivity contribution in [1.82, 2.24) is 20.2 Å². The molecule has 1 fully saturated rings. The Morgan fingerprint density at radius 2 is 1.55 bits per heavy atom. The molecule has 3 heterocycles. The van der Waals surface area contributed by atoms with E-state index in [2.05, 4.69) is 30.0 Å². The van der Waals surface area contributed by atoms with E-state index in [-0.39, 0.29) is 0 Å². The van der Waals surface area contributed by atoms with Crippen LogP contribution in [0, 0.1) is 6.92 Å². The lowest BCUT2D eigenvalue weighted by Crippen LogP contribution is -2.47. The smallest absolute Gasteiger partial charge is 0.225 e. The number of rotatable bonds is 3. The third kappa shape index (κ3) is 3.08. The van der Waals surface area contributed by atoms with E-state index in [1.165, 1.54) is 0 Å². The van der Waals surface area contributed by atoms with Gasteiger partial charge >= 0.3 is 0 Å². The molecule has 1 aliphatic rings. The van der Waals surface area contributed by atoms with E-state index in [0.29, 0.717) is 0 Å². The Morgan fingerprint density at radius 1 is 0.909 bits per heavy atom. The molecule has 2 aromatic rings. The molecule has 22 heavy (non-hydrogen) atoms. The minimum absolute atomic E-state index is 0.805. The fourth-order valence-electron chi connectivity index (χ4n) is 2.41. The Morgan fingerprint density at radius 3 is 2.09 bits per heavy atom. The lowest BCUT2D eigenvalue weighted by Gasteiger charge is -2.35. The maximum Gasteiger partial charge on any atom is 0.225 e. The first-order valence-electron chi connectivity index (χ1n) is 7.43. The second kappa shape index (κ2) is 6.13. The summed E-state index contributed by atoms with van der Waals surface area (Å²) in [5.41, 5.74) is 1.08. The summed E-state index contributed by atoms with van der Waals surface area (Å²) in [5, 5.41) is 8.55. The summed E-state index contributed by atoms with van der Waals surface area (Å²) in [6.07, 6.45) is 3.72. The predicted molar refractivity (Wildman–Crippen MR) is 87.6 cm³/mol. The Balaban J connectivity index is 1.62. The molecule has 0 aliphatic carbocycles. The molecular weight excluding hydrogens is 278 g/mol. The Labute approximate surface area is 130 Å². The van der Waals surface area contributed by atoms with Gasteiger partial charge in [0.1, 0.15) is 0 Å². The van der Waals surface area contributed by atoms with Gasteiger partial charge in [0, 0.05) is 52.7 Å². The van der Waals surface area contributed by atoms with E-state index in [1.807, 2.05) is 50.4 Å². The maximum atomic E-state index is 4.39. The number of anilines is 3. The fraction of sp³-hybridized carbons (Fsp3) is 0.467. The molecular formula is C15H21N7. The Kier molecular flexibility index (Phi) is 4.04. The normalized spacial score (nSPS) is 15.0. The van der Waals surface area contributed by atoms with Gasteiger partial charge in [0.15, 0.2) is 11.6 Å². The molecule has 7 heteroatoms. The van der Waals surface area contributed by atoms with Gasteiger partial charge < -0.3 is 14.7 Å². The number of aryl methyl sites for hydroxylation is 1. The highest BCUT2D eigenvalue weighted by atomic mass is 15.4. The molecule has 0 N–H and O–H groups in total. The quantitative estimate of drug-likeness (QED) is 0.836. The van der Waals surface area contributed by atoms with E-state index < -0.39 is 0 Å². The summed E-state index contributed by atoms with van der Waals surface area (Å²) in [6, 6.07) is 4.03. The molecule has 7 nitrogen and oxygen atoms in total. The van der Waals surface area contributed by atoms with Crippen molar-refractivity contribution in [2.75, 3.05) is 55.0 Å². The van der Waals surface area contributed by atoms with Crippen LogP contribution in [0.4, 0.5) is 17.6 Å². The summed E-state index contributed by atoms with van der Waals surface area (Å²) >= 11 is 0. The number of aromatic nitrogens is 4. The van der Waals surface area contributed by atoms with Crippen molar-refractivity contribution < 1.29 is 0 Å². The van der Waals surface area contributed by atoms with Crippen LogP contribution >= 0.6 is 0 Å². The summed E-state index contributed by atoms with van der Waals surface area (Å²) in [6.45, 7) is 5.57. The molecule has 1 aliphatic heterocycles. The fourth-order valence-corrected chi connectivity index (χ4v) is 2.41. The zero-order valence-corrected chi connectivity index (χ0v) is 13.3. The minimum atomic E-state index is 0.805. The summed E-state index contributed by atoms with van der Waals surface area (Å²) < 4.78 is 0. The highest BCUT2D eigenvalue weighted by molar-refractivity contribution is 5.46. The lowest BCUT2D eigenvalue weighted by atomic mass is 10.3. The molecule has 116 valence electrons. The van der Waals surface area contributed by atoms with Crippen LogP contribution in [0.15, 0.2) is 24.5 Å². The molecule has 0 bridgehead atoms. The Hall–Kier alpha value is -2.44. The van der Waals surface area contributed by atoms with Crippen molar-refractivity contribution in [2.24, 2.45) is 0 Å². The minimum Gasteiger partial charge on any atom is -0.361 e. The van der Waals surface area contributed by atoms with Crippen LogP contribution in [-0.4, -0.2) is 60.4 Å². The van der Waals surface area contributed by atoms with Crippen molar-refractivity contribution in [2.45, 2.75) is 6.92 Å². The van der Waals surface area contributed by atoms with Crippen molar-refractivity contribution >= 4 is 17.6 Å². The van der Waals surface area contributed by atoms with Crippen LogP contribution in [0.1, 0.15) is 5.56 Å². The predicted octanol–water partition coefficient (Wildman–Crippen LogP) is 0.968. The molecule has 0 aromatic carbocycles. The van der Waals surface area contributed by atoms with E-state index in [1.54, 1.807) is 0 Å². The average Bonchev–Trinajstić information content (AvgIpc) is 2.56. The Bertz CT molecular complexity index is 601. The highest BCUT2D eigenvalue weighted by Gasteiger charge is 2.20. The van der Waals surface area contributed by atoms with Crippen LogP contribution in [0.3, 0.4) is 0 Å². The first-order chi connectivity index (χ1) is 10.6. The molecule has 0 amide bonds. The van der Waals surface area contributed by atoms with Gasteiger partial charge in [-0.05, 0) is 24.6 Å². The SMILES string of the molecule is Cc1cnc(N2CCN(c3ccc(N(C)C)nn3)CC2)nc1. The summed E-state index contributed by atoms with van der Waals surface area (Å²) in [7, 11) is 3.92. The van der Waals surface area contributed by atoms with Gasteiger partial charge in [-0.1, -0.05) is 0 Å². The van der Waals surface area contributed by atoms with E-state index in [0.717, 1.165) is 49.3 Å². The van der Waals surface area contributed by atoms with Gasteiger partial charge in [0.2, 0.25) is 5.95 Å². The van der Waals surface area contributed by atoms with Crippen molar-refractivity contribution in [3.8, 4) is 0 Å². The zero-order chi connectivity index (χ0) is 15.5. The molecule has 3 rings (SSSR count). The van der Waals surface area contributed by atoms with Crippen LogP contribution in [0.2, 0.25) is 0 Å². The van der Waals surface area contributed by atoms with E-state index >= 15 is 0 Å². The zero-order valence-electron chi connectivity index (χ0n) is 13.3. The van der Waals surface area contributed by atoms with Crippen molar-refractivity contribution in [3.05, 3.63) is 30.1 Å². The monoisotopic (exact) mass is 299 g/mol. The molecule has 0 atom stereocenters. The number of hydrogen-bond donors (Lipinski definition) is 0. The lowest BCUT2D eigenvalue weighted by molar-refractivity contribution is 0.631. The maximum absolute atomic E-state index is 4.39. The average molecular weight is 299 g/mol. The van der Waals surface area contributed by atoms with Gasteiger partial charge in [0.25, 0.3) is 0 Å². The van der Waals surface area contributed by atoms with Gasteiger partial charge in [-0.15, -0.1) is 10.2 Å². The molecule has 0 radical (unpaired) electrons. The van der Waals surface area contributed by atoms with Crippen LogP contribution in [0.5, 0.6) is 0 Å². The topological polar surface area (TPSA) is 61.3 Å². The summed E-state index contributed by atoms with van der Waals surface area (Å²) in [5.74, 6) is 2.60. The van der Waals surface area contributed by atoms with Crippen molar-refractivity contribution in [3.63, 3.8) is 0 Å². The number of hydrogen-bond acceptors (Lipinski definition) is 7. The number of piperazine rings is 1. The van der Waals surface area contributed by atoms with Gasteiger partial charge in [-0.25, -0.2) is 9.97 Å². The van der Waals surface area contributed by atoms with Crippen LogP contribution in [0.25, 0.3) is 0 Å². The highest BCUT2D eigenvalue weighted by Crippen LogP contribution is 2.17. The second-order valence-electron chi connectivity index (χ2n) is 5.68.